The van der Waals surface area contributed by atoms with Gasteiger partial charge < -0.3 is 10.6 Å². The molecule has 0 saturated heterocycles. The average molecular weight is 337 g/mol. The van der Waals surface area contributed by atoms with Gasteiger partial charge in [-0.25, -0.2) is 4.98 Å². The summed E-state index contributed by atoms with van der Waals surface area (Å²) < 4.78 is 1.73. The van der Waals surface area contributed by atoms with Gasteiger partial charge in [0.2, 0.25) is 0 Å². The molecule has 0 atom stereocenters. The molecule has 0 radical (unpaired) electrons. The predicted octanol–water partition coefficient (Wildman–Crippen LogP) is 3.47. The molecule has 1 aromatic carbocycles. The van der Waals surface area contributed by atoms with Crippen LogP contribution in [0.2, 0.25) is 0 Å². The number of anilines is 2. The van der Waals surface area contributed by atoms with E-state index in [1.54, 1.807) is 10.9 Å². The van der Waals surface area contributed by atoms with E-state index in [1.165, 1.54) is 5.56 Å². The highest BCUT2D eigenvalue weighted by molar-refractivity contribution is 6.08. The van der Waals surface area contributed by atoms with Crippen molar-refractivity contribution in [2.45, 2.75) is 27.2 Å². The van der Waals surface area contributed by atoms with Crippen molar-refractivity contribution in [2.24, 2.45) is 7.05 Å². The topological polar surface area (TPSA) is 71.8 Å². The normalized spacial score (nSPS) is 10.9. The summed E-state index contributed by atoms with van der Waals surface area (Å²) in [6.45, 7) is 6.63. The summed E-state index contributed by atoms with van der Waals surface area (Å²) in [5.74, 6) is -0.130. The van der Waals surface area contributed by atoms with E-state index < -0.39 is 0 Å². The molecule has 2 N–H and O–H groups in total. The quantitative estimate of drug-likeness (QED) is 0.748. The van der Waals surface area contributed by atoms with Gasteiger partial charge in [-0.15, -0.1) is 0 Å². The molecule has 0 spiro atoms. The maximum Gasteiger partial charge on any atom is 0.254 e. The summed E-state index contributed by atoms with van der Waals surface area (Å²) >= 11 is 0. The first-order valence-electron chi connectivity index (χ1n) is 8.45. The Hall–Kier alpha value is -2.89. The lowest BCUT2D eigenvalue weighted by Crippen LogP contribution is -2.25. The van der Waals surface area contributed by atoms with Crippen LogP contribution < -0.4 is 10.6 Å². The van der Waals surface area contributed by atoms with Crippen LogP contribution in [0, 0.1) is 13.8 Å². The van der Waals surface area contributed by atoms with Gasteiger partial charge in [0.1, 0.15) is 0 Å². The van der Waals surface area contributed by atoms with Crippen LogP contribution >= 0.6 is 0 Å². The van der Waals surface area contributed by atoms with Crippen molar-refractivity contribution in [2.75, 3.05) is 11.9 Å². The Morgan fingerprint density at radius 3 is 2.60 bits per heavy atom. The SMILES string of the molecule is CCCNC(=O)c1cnc2c(c(C)nn2C)c1Nc1ccc(C)cc1. The van der Waals surface area contributed by atoms with Crippen LogP contribution in [0.3, 0.4) is 0 Å². The first-order chi connectivity index (χ1) is 12.0. The Bertz CT molecular complexity index is 912. The molecule has 0 saturated carbocycles. The molecule has 3 aromatic rings. The number of benzene rings is 1. The maximum absolute atomic E-state index is 12.6. The fourth-order valence-electron chi connectivity index (χ4n) is 2.83. The molecule has 130 valence electrons. The summed E-state index contributed by atoms with van der Waals surface area (Å²) in [4.78, 5) is 17.1. The Kier molecular flexibility index (Phi) is 4.70. The molecule has 0 bridgehead atoms. The van der Waals surface area contributed by atoms with Crippen molar-refractivity contribution in [1.82, 2.24) is 20.1 Å². The van der Waals surface area contributed by atoms with E-state index in [0.29, 0.717) is 12.1 Å². The van der Waals surface area contributed by atoms with Crippen molar-refractivity contribution in [3.8, 4) is 0 Å². The third-order valence-corrected chi connectivity index (χ3v) is 4.13. The minimum Gasteiger partial charge on any atom is -0.354 e. The highest BCUT2D eigenvalue weighted by Crippen LogP contribution is 2.31. The zero-order valence-corrected chi connectivity index (χ0v) is 15.1. The van der Waals surface area contributed by atoms with Crippen molar-refractivity contribution in [3.05, 3.63) is 47.3 Å². The summed E-state index contributed by atoms with van der Waals surface area (Å²) in [6, 6.07) is 8.07. The molecular weight excluding hydrogens is 314 g/mol. The first kappa shape index (κ1) is 17.0. The molecule has 0 aliphatic heterocycles. The maximum atomic E-state index is 12.6. The van der Waals surface area contributed by atoms with Crippen LogP contribution in [0.1, 0.15) is 35.0 Å². The number of aromatic nitrogens is 3. The molecule has 3 rings (SSSR count). The second kappa shape index (κ2) is 6.93. The number of nitrogens with zero attached hydrogens (tertiary/aromatic N) is 3. The average Bonchev–Trinajstić information content (AvgIpc) is 2.89. The molecule has 0 aliphatic carbocycles. The summed E-state index contributed by atoms with van der Waals surface area (Å²) in [5, 5.41) is 11.6. The van der Waals surface area contributed by atoms with Crippen molar-refractivity contribution >= 4 is 28.3 Å². The molecule has 1 amide bonds. The van der Waals surface area contributed by atoms with E-state index in [1.807, 2.05) is 52.1 Å². The number of aryl methyl sites for hydroxylation is 3. The third-order valence-electron chi connectivity index (χ3n) is 4.13. The minimum absolute atomic E-state index is 0.130. The molecule has 0 unspecified atom stereocenters. The van der Waals surface area contributed by atoms with Gasteiger partial charge in [0, 0.05) is 25.5 Å². The lowest BCUT2D eigenvalue weighted by Gasteiger charge is -2.14. The van der Waals surface area contributed by atoms with E-state index in [4.69, 9.17) is 0 Å². The third kappa shape index (κ3) is 3.33. The smallest absolute Gasteiger partial charge is 0.254 e. The standard InChI is InChI=1S/C19H23N5O/c1-5-10-20-19(25)15-11-21-18-16(13(3)23-24(18)4)17(15)22-14-8-6-12(2)7-9-14/h6-9,11H,5,10H2,1-4H3,(H,20,25)(H,21,22). The highest BCUT2D eigenvalue weighted by Gasteiger charge is 2.19. The van der Waals surface area contributed by atoms with Gasteiger partial charge in [0.25, 0.3) is 5.91 Å². The number of carbonyl (C=O) groups excluding carboxylic acids is 1. The number of carbonyl (C=O) groups is 1. The van der Waals surface area contributed by atoms with Gasteiger partial charge in [0.15, 0.2) is 5.65 Å². The zero-order chi connectivity index (χ0) is 18.0. The minimum atomic E-state index is -0.130. The van der Waals surface area contributed by atoms with Gasteiger partial charge in [-0.05, 0) is 32.4 Å². The van der Waals surface area contributed by atoms with E-state index in [9.17, 15) is 4.79 Å². The molecule has 2 aromatic heterocycles. The van der Waals surface area contributed by atoms with Crippen LogP contribution in [0.4, 0.5) is 11.4 Å². The fourth-order valence-corrected chi connectivity index (χ4v) is 2.83. The lowest BCUT2D eigenvalue weighted by molar-refractivity contribution is 0.0954. The molecule has 2 heterocycles. The molecule has 25 heavy (non-hydrogen) atoms. The van der Waals surface area contributed by atoms with Gasteiger partial charge in [-0.2, -0.15) is 5.10 Å². The van der Waals surface area contributed by atoms with E-state index in [0.717, 1.165) is 34.5 Å². The lowest BCUT2D eigenvalue weighted by atomic mass is 10.1. The molecule has 0 aliphatic rings. The second-order valence-electron chi connectivity index (χ2n) is 6.20. The summed E-state index contributed by atoms with van der Waals surface area (Å²) in [7, 11) is 1.86. The van der Waals surface area contributed by atoms with Crippen molar-refractivity contribution < 1.29 is 4.79 Å². The Morgan fingerprint density at radius 1 is 1.20 bits per heavy atom. The monoisotopic (exact) mass is 337 g/mol. The predicted molar refractivity (Wildman–Crippen MR) is 100 cm³/mol. The van der Waals surface area contributed by atoms with Crippen molar-refractivity contribution in [3.63, 3.8) is 0 Å². The molecular formula is C19H23N5O. The van der Waals surface area contributed by atoms with Crippen LogP contribution in [0.25, 0.3) is 11.0 Å². The van der Waals surface area contributed by atoms with Crippen molar-refractivity contribution in [1.29, 1.82) is 0 Å². The number of rotatable bonds is 5. The van der Waals surface area contributed by atoms with Gasteiger partial charge >= 0.3 is 0 Å². The highest BCUT2D eigenvalue weighted by atomic mass is 16.1. The van der Waals surface area contributed by atoms with Crippen LogP contribution in [0.5, 0.6) is 0 Å². The number of hydrogen-bond donors (Lipinski definition) is 2. The number of amides is 1. The fraction of sp³-hybridized carbons (Fsp3) is 0.316. The van der Waals surface area contributed by atoms with Gasteiger partial charge in [0.05, 0.1) is 22.3 Å². The number of hydrogen-bond acceptors (Lipinski definition) is 4. The van der Waals surface area contributed by atoms with Gasteiger partial charge in [-0.3, -0.25) is 9.48 Å². The largest absolute Gasteiger partial charge is 0.354 e. The molecule has 6 heteroatoms. The molecule has 6 nitrogen and oxygen atoms in total. The number of pyridine rings is 1. The van der Waals surface area contributed by atoms with Crippen LogP contribution in [0.15, 0.2) is 30.5 Å². The van der Waals surface area contributed by atoms with E-state index >= 15 is 0 Å². The van der Waals surface area contributed by atoms with E-state index in [2.05, 4.69) is 20.7 Å². The molecule has 0 fully saturated rings. The Labute approximate surface area is 147 Å². The van der Waals surface area contributed by atoms with Crippen LogP contribution in [-0.2, 0) is 7.05 Å². The Morgan fingerprint density at radius 2 is 1.92 bits per heavy atom. The second-order valence-corrected chi connectivity index (χ2v) is 6.20. The Balaban J connectivity index is 2.13. The number of fused-ring (bicyclic) bond motifs is 1. The first-order valence-corrected chi connectivity index (χ1v) is 8.45. The van der Waals surface area contributed by atoms with E-state index in [-0.39, 0.29) is 5.91 Å². The van der Waals surface area contributed by atoms with Crippen LogP contribution in [-0.4, -0.2) is 27.2 Å². The van der Waals surface area contributed by atoms with Gasteiger partial charge in [-0.1, -0.05) is 24.6 Å². The summed E-state index contributed by atoms with van der Waals surface area (Å²) in [6.07, 6.45) is 2.50. The zero-order valence-electron chi connectivity index (χ0n) is 15.1. The number of nitrogens with one attached hydrogen (secondary N) is 2. The summed E-state index contributed by atoms with van der Waals surface area (Å²) in [5.41, 5.74) is 4.96.